The monoisotopic (exact) mass is 470 g/mol. The van der Waals surface area contributed by atoms with Crippen LogP contribution in [0, 0.1) is 0 Å². The van der Waals surface area contributed by atoms with Gasteiger partial charge in [0.05, 0.1) is 0 Å². The van der Waals surface area contributed by atoms with Gasteiger partial charge in [0.2, 0.25) is 0 Å². The van der Waals surface area contributed by atoms with Crippen LogP contribution in [-0.4, -0.2) is 55.0 Å². The summed E-state index contributed by atoms with van der Waals surface area (Å²) >= 11 is 0. The molecular formula is C30H38N4O. The van der Waals surface area contributed by atoms with Crippen molar-refractivity contribution in [3.8, 4) is 0 Å². The highest BCUT2D eigenvalue weighted by Crippen LogP contribution is 2.18. The molecule has 0 atom stereocenters. The van der Waals surface area contributed by atoms with Gasteiger partial charge in [-0.1, -0.05) is 68.4 Å². The quantitative estimate of drug-likeness (QED) is 0.463. The summed E-state index contributed by atoms with van der Waals surface area (Å²) in [6, 6.07) is 27.1. The van der Waals surface area contributed by atoms with Crippen LogP contribution in [0.1, 0.15) is 40.9 Å². The number of para-hydroxylation sites is 1. The van der Waals surface area contributed by atoms with Crippen LogP contribution in [0.25, 0.3) is 0 Å². The molecule has 3 aromatic rings. The first kappa shape index (κ1) is 25.0. The van der Waals surface area contributed by atoms with Crippen molar-refractivity contribution in [1.82, 2.24) is 15.1 Å². The van der Waals surface area contributed by atoms with Gasteiger partial charge in [-0.15, -0.1) is 0 Å². The van der Waals surface area contributed by atoms with Gasteiger partial charge in [0.15, 0.2) is 0 Å². The second kappa shape index (κ2) is 12.5. The fraction of sp³-hybridized carbons (Fsp3) is 0.367. The summed E-state index contributed by atoms with van der Waals surface area (Å²) in [6.07, 6.45) is 0. The molecule has 1 N–H and O–H groups in total. The molecule has 1 amide bonds. The molecular weight excluding hydrogens is 432 g/mol. The number of carbonyl (C=O) groups is 1. The third kappa shape index (κ3) is 6.93. The zero-order valence-electron chi connectivity index (χ0n) is 21.1. The maximum atomic E-state index is 12.8. The van der Waals surface area contributed by atoms with Gasteiger partial charge in [-0.25, -0.2) is 0 Å². The number of amides is 1. The first-order valence-electron chi connectivity index (χ1n) is 12.8. The predicted octanol–water partition coefficient (Wildman–Crippen LogP) is 4.78. The summed E-state index contributed by atoms with van der Waals surface area (Å²) < 4.78 is 0. The number of nitrogens with zero attached hydrogens (tertiary/aromatic N) is 3. The van der Waals surface area contributed by atoms with E-state index < -0.39 is 0 Å². The Balaban J connectivity index is 1.30. The van der Waals surface area contributed by atoms with Crippen molar-refractivity contribution in [1.29, 1.82) is 0 Å². The number of benzene rings is 3. The topological polar surface area (TPSA) is 38.8 Å². The van der Waals surface area contributed by atoms with Crippen molar-refractivity contribution in [3.63, 3.8) is 0 Å². The van der Waals surface area contributed by atoms with E-state index in [1.165, 1.54) is 22.4 Å². The lowest BCUT2D eigenvalue weighted by molar-refractivity contribution is 0.0950. The molecule has 184 valence electrons. The molecule has 5 heteroatoms. The Morgan fingerprint density at radius 2 is 1.43 bits per heavy atom. The number of nitrogens with one attached hydrogen (secondary N) is 1. The number of rotatable bonds is 10. The molecule has 0 unspecified atom stereocenters. The maximum absolute atomic E-state index is 12.8. The number of anilines is 1. The summed E-state index contributed by atoms with van der Waals surface area (Å²) in [5.41, 5.74) is 5.72. The van der Waals surface area contributed by atoms with E-state index in [2.05, 4.69) is 101 Å². The number of piperazine rings is 1. The van der Waals surface area contributed by atoms with Gasteiger partial charge < -0.3 is 10.2 Å². The van der Waals surface area contributed by atoms with E-state index in [-0.39, 0.29) is 5.91 Å². The zero-order valence-corrected chi connectivity index (χ0v) is 21.1. The van der Waals surface area contributed by atoms with Gasteiger partial charge in [-0.05, 0) is 54.0 Å². The predicted molar refractivity (Wildman–Crippen MR) is 145 cm³/mol. The fourth-order valence-corrected chi connectivity index (χ4v) is 4.67. The third-order valence-corrected chi connectivity index (χ3v) is 6.96. The first-order chi connectivity index (χ1) is 17.2. The minimum atomic E-state index is -0.0225. The highest BCUT2D eigenvalue weighted by atomic mass is 16.1. The fourth-order valence-electron chi connectivity index (χ4n) is 4.67. The minimum absolute atomic E-state index is 0.0225. The van der Waals surface area contributed by atoms with Crippen molar-refractivity contribution >= 4 is 11.6 Å². The Morgan fingerprint density at radius 3 is 2.09 bits per heavy atom. The average molecular weight is 471 g/mol. The normalized spacial score (nSPS) is 14.3. The summed E-state index contributed by atoms with van der Waals surface area (Å²) in [5, 5.41) is 3.13. The molecule has 5 nitrogen and oxygen atoms in total. The molecule has 3 aromatic carbocycles. The van der Waals surface area contributed by atoms with E-state index in [1.807, 2.05) is 12.1 Å². The van der Waals surface area contributed by atoms with E-state index in [0.29, 0.717) is 12.1 Å². The standard InChI is InChI=1S/C30H38N4O/c1-3-32(4-2)23-25-14-16-26(17-15-25)30(35)31-22-27-10-8-9-11-28(27)24-33-18-20-34(21-19-33)29-12-6-5-7-13-29/h5-17H,3-4,18-24H2,1-2H3,(H,31,35). The van der Waals surface area contributed by atoms with Crippen LogP contribution in [0.15, 0.2) is 78.9 Å². The first-order valence-corrected chi connectivity index (χ1v) is 12.8. The lowest BCUT2D eigenvalue weighted by Gasteiger charge is -2.36. The Kier molecular flexibility index (Phi) is 8.93. The Morgan fingerprint density at radius 1 is 0.800 bits per heavy atom. The minimum Gasteiger partial charge on any atom is -0.369 e. The number of hydrogen-bond acceptors (Lipinski definition) is 4. The molecule has 1 heterocycles. The second-order valence-corrected chi connectivity index (χ2v) is 9.21. The second-order valence-electron chi connectivity index (χ2n) is 9.21. The molecule has 0 radical (unpaired) electrons. The van der Waals surface area contributed by atoms with E-state index >= 15 is 0 Å². The van der Waals surface area contributed by atoms with Crippen molar-refractivity contribution in [2.75, 3.05) is 44.2 Å². The zero-order chi connectivity index (χ0) is 24.5. The molecule has 1 aliphatic heterocycles. The van der Waals surface area contributed by atoms with E-state index in [4.69, 9.17) is 0 Å². The van der Waals surface area contributed by atoms with Gasteiger partial charge in [-0.2, -0.15) is 0 Å². The Bertz CT molecular complexity index is 1060. The van der Waals surface area contributed by atoms with Crippen molar-refractivity contribution in [3.05, 3.63) is 101 Å². The molecule has 0 aliphatic carbocycles. The van der Waals surface area contributed by atoms with Crippen LogP contribution in [0.4, 0.5) is 5.69 Å². The lowest BCUT2D eigenvalue weighted by Crippen LogP contribution is -2.46. The van der Waals surface area contributed by atoms with Crippen LogP contribution in [0.5, 0.6) is 0 Å². The van der Waals surface area contributed by atoms with E-state index in [0.717, 1.165) is 52.4 Å². The molecule has 35 heavy (non-hydrogen) atoms. The number of carbonyl (C=O) groups excluding carboxylic acids is 1. The van der Waals surface area contributed by atoms with Crippen molar-refractivity contribution in [2.24, 2.45) is 0 Å². The molecule has 0 aromatic heterocycles. The van der Waals surface area contributed by atoms with Crippen molar-refractivity contribution in [2.45, 2.75) is 33.5 Å². The van der Waals surface area contributed by atoms with Gasteiger partial charge in [0.1, 0.15) is 0 Å². The number of hydrogen-bond donors (Lipinski definition) is 1. The SMILES string of the molecule is CCN(CC)Cc1ccc(C(=O)NCc2ccccc2CN2CCN(c3ccccc3)CC2)cc1. The largest absolute Gasteiger partial charge is 0.369 e. The Labute approximate surface area is 210 Å². The Hall–Kier alpha value is -3.15. The highest BCUT2D eigenvalue weighted by Gasteiger charge is 2.18. The average Bonchev–Trinajstić information content (AvgIpc) is 2.92. The molecule has 1 fully saturated rings. The summed E-state index contributed by atoms with van der Waals surface area (Å²) in [4.78, 5) is 20.1. The molecule has 1 saturated heterocycles. The van der Waals surface area contributed by atoms with Crippen LogP contribution < -0.4 is 10.2 Å². The molecule has 4 rings (SSSR count). The van der Waals surface area contributed by atoms with E-state index in [1.54, 1.807) is 0 Å². The van der Waals surface area contributed by atoms with Gasteiger partial charge in [0.25, 0.3) is 5.91 Å². The summed E-state index contributed by atoms with van der Waals surface area (Å²) in [6.45, 7) is 12.9. The molecule has 0 spiro atoms. The molecule has 1 aliphatic rings. The van der Waals surface area contributed by atoms with Crippen LogP contribution >= 0.6 is 0 Å². The van der Waals surface area contributed by atoms with Crippen molar-refractivity contribution < 1.29 is 4.79 Å². The molecule has 0 bridgehead atoms. The van der Waals surface area contributed by atoms with Gasteiger partial charge >= 0.3 is 0 Å². The molecule has 0 saturated carbocycles. The third-order valence-electron chi connectivity index (χ3n) is 6.96. The summed E-state index contributed by atoms with van der Waals surface area (Å²) in [5.74, 6) is -0.0225. The highest BCUT2D eigenvalue weighted by molar-refractivity contribution is 5.94. The van der Waals surface area contributed by atoms with Crippen LogP contribution in [0.2, 0.25) is 0 Å². The lowest BCUT2D eigenvalue weighted by atomic mass is 10.1. The van der Waals surface area contributed by atoms with Crippen LogP contribution in [-0.2, 0) is 19.6 Å². The summed E-state index contributed by atoms with van der Waals surface area (Å²) in [7, 11) is 0. The van der Waals surface area contributed by atoms with Crippen LogP contribution in [0.3, 0.4) is 0 Å². The maximum Gasteiger partial charge on any atom is 0.251 e. The smallest absolute Gasteiger partial charge is 0.251 e. The van der Waals surface area contributed by atoms with E-state index in [9.17, 15) is 4.79 Å². The van der Waals surface area contributed by atoms with Gasteiger partial charge in [0, 0.05) is 57.1 Å². The van der Waals surface area contributed by atoms with Gasteiger partial charge in [-0.3, -0.25) is 14.6 Å².